The SMILES string of the molecule is CN1[C@@H](CCN=C=O)C(=O)OC1(C(F)(F)F)C(F)(F)F. The number of nitrogens with zero attached hydrogens (tertiary/aromatic N) is 2. The molecule has 0 aromatic carbocycles. The normalized spacial score (nSPS) is 23.4. The number of aliphatic imine (C=N–C) groups is 1. The molecule has 1 fully saturated rings. The summed E-state index contributed by atoms with van der Waals surface area (Å²) in [4.78, 5) is 23.8. The van der Waals surface area contributed by atoms with Gasteiger partial charge in [-0.2, -0.15) is 26.3 Å². The largest absolute Gasteiger partial charge is 0.453 e. The molecule has 0 aromatic heterocycles. The van der Waals surface area contributed by atoms with Gasteiger partial charge in [-0.05, 0) is 13.5 Å². The van der Waals surface area contributed by atoms with E-state index in [9.17, 15) is 35.9 Å². The highest BCUT2D eigenvalue weighted by Gasteiger charge is 2.80. The van der Waals surface area contributed by atoms with Crippen molar-refractivity contribution in [3.63, 3.8) is 0 Å². The summed E-state index contributed by atoms with van der Waals surface area (Å²) in [6.07, 6.45) is -11.2. The zero-order valence-electron chi connectivity index (χ0n) is 9.88. The molecule has 1 saturated heterocycles. The van der Waals surface area contributed by atoms with E-state index in [2.05, 4.69) is 9.73 Å². The van der Waals surface area contributed by atoms with Crippen LogP contribution in [0.1, 0.15) is 6.42 Å². The van der Waals surface area contributed by atoms with Crippen LogP contribution in [0.3, 0.4) is 0 Å². The molecule has 20 heavy (non-hydrogen) atoms. The molecule has 11 heteroatoms. The summed E-state index contributed by atoms with van der Waals surface area (Å²) in [5.74, 6) is -1.68. The number of carbonyl (C=O) groups excluding carboxylic acids is 2. The minimum absolute atomic E-state index is 0.240. The highest BCUT2D eigenvalue weighted by molar-refractivity contribution is 5.78. The molecule has 1 atom stereocenters. The molecule has 5 nitrogen and oxygen atoms in total. The molecule has 0 aromatic rings. The topological polar surface area (TPSA) is 59.0 Å². The Morgan fingerprint density at radius 1 is 1.30 bits per heavy atom. The smallest absolute Gasteiger partial charge is 0.423 e. The maximum Gasteiger partial charge on any atom is 0.453 e. The van der Waals surface area contributed by atoms with Crippen LogP contribution in [-0.4, -0.2) is 54.7 Å². The summed E-state index contributed by atoms with van der Waals surface area (Å²) in [6, 6.07) is -1.81. The summed E-state index contributed by atoms with van der Waals surface area (Å²) in [6.45, 7) is -0.445. The Morgan fingerprint density at radius 3 is 2.15 bits per heavy atom. The molecule has 0 aliphatic carbocycles. The lowest BCUT2D eigenvalue weighted by Crippen LogP contribution is -2.65. The molecule has 0 unspecified atom stereocenters. The summed E-state index contributed by atoms with van der Waals surface area (Å²) in [5, 5.41) is 0. The van der Waals surface area contributed by atoms with Crippen molar-refractivity contribution >= 4 is 12.0 Å². The fourth-order valence-electron chi connectivity index (χ4n) is 1.88. The van der Waals surface area contributed by atoms with Crippen LogP contribution in [0.2, 0.25) is 0 Å². The zero-order valence-corrected chi connectivity index (χ0v) is 9.88. The number of rotatable bonds is 3. The fraction of sp³-hybridized carbons (Fsp3) is 0.778. The van der Waals surface area contributed by atoms with Gasteiger partial charge in [0.15, 0.2) is 0 Å². The van der Waals surface area contributed by atoms with Crippen molar-refractivity contribution in [3.05, 3.63) is 0 Å². The second kappa shape index (κ2) is 5.06. The van der Waals surface area contributed by atoms with Crippen LogP contribution in [0.4, 0.5) is 26.3 Å². The predicted molar refractivity (Wildman–Crippen MR) is 50.1 cm³/mol. The van der Waals surface area contributed by atoms with Gasteiger partial charge in [-0.25, -0.2) is 14.7 Å². The van der Waals surface area contributed by atoms with Crippen molar-refractivity contribution in [1.29, 1.82) is 0 Å². The Balaban J connectivity index is 3.18. The molecule has 0 N–H and O–H groups in total. The Morgan fingerprint density at radius 2 is 1.80 bits per heavy atom. The van der Waals surface area contributed by atoms with Crippen LogP contribution in [0.15, 0.2) is 4.99 Å². The van der Waals surface area contributed by atoms with Crippen molar-refractivity contribution in [2.45, 2.75) is 30.5 Å². The number of esters is 1. The standard InChI is InChI=1S/C9H8F6N2O3/c1-17-5(2-3-16-4-18)6(19)20-7(17,8(10,11)12)9(13,14)15/h5H,2-3H2,1H3/t5-/m0/s1. The number of halogens is 6. The molecular formula is C9H8F6N2O3. The van der Waals surface area contributed by atoms with Gasteiger partial charge < -0.3 is 4.74 Å². The number of alkyl halides is 6. The first-order valence-electron chi connectivity index (χ1n) is 5.12. The van der Waals surface area contributed by atoms with E-state index in [-0.39, 0.29) is 4.90 Å². The molecule has 1 aliphatic heterocycles. The van der Waals surface area contributed by atoms with Crippen LogP contribution >= 0.6 is 0 Å². The minimum Gasteiger partial charge on any atom is -0.423 e. The van der Waals surface area contributed by atoms with E-state index >= 15 is 0 Å². The van der Waals surface area contributed by atoms with Gasteiger partial charge in [0.05, 0.1) is 6.54 Å². The third-order valence-corrected chi connectivity index (χ3v) is 2.83. The van der Waals surface area contributed by atoms with Crippen molar-refractivity contribution in [2.24, 2.45) is 4.99 Å². The van der Waals surface area contributed by atoms with Crippen molar-refractivity contribution in [2.75, 3.05) is 13.6 Å². The number of isocyanates is 1. The third kappa shape index (κ3) is 2.38. The maximum absolute atomic E-state index is 12.8. The number of cyclic esters (lactones) is 1. The molecule has 0 spiro atoms. The molecule has 1 heterocycles. The lowest BCUT2D eigenvalue weighted by atomic mass is 10.1. The van der Waals surface area contributed by atoms with Gasteiger partial charge >= 0.3 is 24.0 Å². The molecule has 0 radical (unpaired) electrons. The van der Waals surface area contributed by atoms with E-state index in [4.69, 9.17) is 0 Å². The lowest BCUT2D eigenvalue weighted by Gasteiger charge is -2.37. The average Bonchev–Trinajstić information content (AvgIpc) is 2.52. The Kier molecular flexibility index (Phi) is 4.16. The van der Waals surface area contributed by atoms with Gasteiger partial charge in [-0.3, -0.25) is 4.79 Å². The molecule has 1 rings (SSSR count). The van der Waals surface area contributed by atoms with Gasteiger partial charge in [0.25, 0.3) is 0 Å². The van der Waals surface area contributed by atoms with Crippen LogP contribution in [0, 0.1) is 0 Å². The first-order chi connectivity index (χ1) is 8.99. The predicted octanol–water partition coefficient (Wildman–Crippen LogP) is 1.39. The monoisotopic (exact) mass is 306 g/mol. The van der Waals surface area contributed by atoms with Gasteiger partial charge in [-0.15, -0.1) is 0 Å². The molecule has 114 valence electrons. The number of hydrogen-bond donors (Lipinski definition) is 0. The zero-order chi connectivity index (χ0) is 15.8. The van der Waals surface area contributed by atoms with Gasteiger partial charge in [-0.1, -0.05) is 0 Å². The Labute approximate surface area is 108 Å². The highest BCUT2D eigenvalue weighted by atomic mass is 19.4. The molecule has 0 saturated carbocycles. The van der Waals surface area contributed by atoms with Crippen LogP contribution in [0.25, 0.3) is 0 Å². The van der Waals surface area contributed by atoms with E-state index in [1.54, 1.807) is 0 Å². The highest BCUT2D eigenvalue weighted by Crippen LogP contribution is 2.51. The molecule has 0 bridgehead atoms. The number of carbonyl (C=O) groups is 1. The second-order valence-corrected chi connectivity index (χ2v) is 3.95. The van der Waals surface area contributed by atoms with E-state index in [0.717, 1.165) is 6.08 Å². The van der Waals surface area contributed by atoms with Crippen LogP contribution < -0.4 is 0 Å². The Bertz CT molecular complexity index is 426. The van der Waals surface area contributed by atoms with Gasteiger partial charge in [0.2, 0.25) is 6.08 Å². The lowest BCUT2D eigenvalue weighted by molar-refractivity contribution is -0.398. The number of likely N-dealkylation sites (N-methyl/N-ethyl adjacent to an activating group) is 1. The van der Waals surface area contributed by atoms with Crippen molar-refractivity contribution in [1.82, 2.24) is 4.90 Å². The number of ether oxygens (including phenoxy) is 1. The minimum atomic E-state index is -5.86. The van der Waals surface area contributed by atoms with E-state index in [1.807, 2.05) is 0 Å². The summed E-state index contributed by atoms with van der Waals surface area (Å²) < 4.78 is 80.3. The summed E-state index contributed by atoms with van der Waals surface area (Å²) >= 11 is 0. The van der Waals surface area contributed by atoms with Crippen molar-refractivity contribution in [3.8, 4) is 0 Å². The molecule has 0 amide bonds. The maximum atomic E-state index is 12.8. The quantitative estimate of drug-likeness (QED) is 0.342. The van der Waals surface area contributed by atoms with E-state index < -0.39 is 43.1 Å². The third-order valence-electron chi connectivity index (χ3n) is 2.83. The summed E-state index contributed by atoms with van der Waals surface area (Å²) in [5.41, 5.74) is -4.69. The molecule has 1 aliphatic rings. The fourth-order valence-corrected chi connectivity index (χ4v) is 1.88. The van der Waals surface area contributed by atoms with Crippen LogP contribution in [-0.2, 0) is 14.3 Å². The van der Waals surface area contributed by atoms with Crippen molar-refractivity contribution < 1.29 is 40.7 Å². The Hall–Kier alpha value is -1.61. The van der Waals surface area contributed by atoms with E-state index in [0.29, 0.717) is 7.05 Å². The molecular weight excluding hydrogens is 298 g/mol. The summed E-state index contributed by atoms with van der Waals surface area (Å²) in [7, 11) is 0.473. The average molecular weight is 306 g/mol. The van der Waals surface area contributed by atoms with Crippen LogP contribution in [0.5, 0.6) is 0 Å². The van der Waals surface area contributed by atoms with Gasteiger partial charge in [0.1, 0.15) is 6.04 Å². The first-order valence-corrected chi connectivity index (χ1v) is 5.12. The van der Waals surface area contributed by atoms with Gasteiger partial charge in [0, 0.05) is 0 Å². The number of hydrogen-bond acceptors (Lipinski definition) is 5. The second-order valence-electron chi connectivity index (χ2n) is 3.95. The van der Waals surface area contributed by atoms with E-state index in [1.165, 1.54) is 0 Å². The first kappa shape index (κ1) is 16.4.